The molecule has 120 valence electrons. The van der Waals surface area contributed by atoms with E-state index in [0.29, 0.717) is 12.1 Å². The van der Waals surface area contributed by atoms with E-state index in [1.165, 1.54) is 0 Å². The van der Waals surface area contributed by atoms with Crippen molar-refractivity contribution in [3.63, 3.8) is 0 Å². The van der Waals surface area contributed by atoms with E-state index in [4.69, 9.17) is 9.47 Å². The molecular weight excluding hydrogens is 280 g/mol. The monoisotopic (exact) mass is 304 g/mol. The first kappa shape index (κ1) is 16.5. The summed E-state index contributed by atoms with van der Waals surface area (Å²) in [5.41, 5.74) is 1.83. The fourth-order valence-corrected chi connectivity index (χ4v) is 2.52. The topological polar surface area (TPSA) is 60.2 Å². The maximum absolute atomic E-state index is 12.4. The molecule has 1 aliphatic carbocycles. The van der Waals surface area contributed by atoms with Crippen molar-refractivity contribution in [2.75, 3.05) is 7.11 Å². The molecule has 0 aromatic heterocycles. The van der Waals surface area contributed by atoms with Gasteiger partial charge in [-0.25, -0.2) is 4.79 Å². The first-order valence-electron chi connectivity index (χ1n) is 8.01. The second-order valence-electron chi connectivity index (χ2n) is 5.50. The average Bonchev–Trinajstić information content (AvgIpc) is 2.96. The minimum absolute atomic E-state index is 0.0487. The summed E-state index contributed by atoms with van der Waals surface area (Å²) in [6, 6.07) is 0. The van der Waals surface area contributed by atoms with Crippen LogP contribution in [0.25, 0.3) is 0 Å². The summed E-state index contributed by atoms with van der Waals surface area (Å²) in [4.78, 5) is 12.4. The molecule has 0 saturated heterocycles. The number of allylic oxidation sites excluding steroid dienone is 2. The molecule has 1 heterocycles. The number of fused-ring (bicyclic) bond motifs is 1. The van der Waals surface area contributed by atoms with Crippen LogP contribution in [0, 0.1) is 0 Å². The second-order valence-corrected chi connectivity index (χ2v) is 5.50. The molecule has 0 aromatic rings. The third kappa shape index (κ3) is 3.84. The molecule has 0 amide bonds. The van der Waals surface area contributed by atoms with Crippen molar-refractivity contribution in [3.05, 3.63) is 23.5 Å². The highest BCUT2D eigenvalue weighted by Gasteiger charge is 2.30. The Bertz CT molecular complexity index is 544. The van der Waals surface area contributed by atoms with Crippen molar-refractivity contribution in [3.8, 4) is 0 Å². The molecule has 5 nitrogen and oxygen atoms in total. The lowest BCUT2D eigenvalue weighted by Gasteiger charge is -2.17. The van der Waals surface area contributed by atoms with Crippen molar-refractivity contribution in [1.82, 2.24) is 0 Å². The number of esters is 1. The fourth-order valence-electron chi connectivity index (χ4n) is 2.52. The van der Waals surface area contributed by atoms with Gasteiger partial charge in [0.2, 0.25) is 0 Å². The highest BCUT2D eigenvalue weighted by atomic mass is 16.5. The Hall–Kier alpha value is -1.91. The molecule has 22 heavy (non-hydrogen) atoms. The van der Waals surface area contributed by atoms with Crippen LogP contribution in [-0.4, -0.2) is 30.6 Å². The van der Waals surface area contributed by atoms with E-state index in [-0.39, 0.29) is 12.1 Å². The van der Waals surface area contributed by atoms with Crippen LogP contribution in [0.4, 0.5) is 0 Å². The number of unbranched alkanes of at least 4 members (excludes halogenated alkanes) is 2. The molecule has 2 aliphatic rings. The number of carbonyl (C=O) groups is 1. The average molecular weight is 304 g/mol. The van der Waals surface area contributed by atoms with Gasteiger partial charge in [0.15, 0.2) is 5.71 Å². The molecule has 0 fully saturated rings. The van der Waals surface area contributed by atoms with Gasteiger partial charge < -0.3 is 9.47 Å². The smallest absolute Gasteiger partial charge is 0.359 e. The predicted octanol–water partition coefficient (Wildman–Crippen LogP) is 3.56. The van der Waals surface area contributed by atoms with Gasteiger partial charge in [0, 0.05) is 12.0 Å². The Morgan fingerprint density at radius 2 is 2.14 bits per heavy atom. The molecule has 0 radical (unpaired) electrons. The SMILES string of the molecule is CCCCCC(CC)OC(=O)C1=NN=C2CC=C(OC)C=C21. The molecule has 2 rings (SSSR count). The van der Waals surface area contributed by atoms with E-state index >= 15 is 0 Å². The maximum atomic E-state index is 12.4. The number of ether oxygens (including phenoxy) is 2. The van der Waals surface area contributed by atoms with Crippen LogP contribution in [0.3, 0.4) is 0 Å². The molecular formula is C17H24N2O3. The number of carbonyl (C=O) groups excluding carboxylic acids is 1. The van der Waals surface area contributed by atoms with E-state index < -0.39 is 0 Å². The minimum Gasteiger partial charge on any atom is -0.497 e. The van der Waals surface area contributed by atoms with Gasteiger partial charge >= 0.3 is 5.97 Å². The highest BCUT2D eigenvalue weighted by molar-refractivity contribution is 6.52. The Balaban J connectivity index is 1.98. The molecule has 1 unspecified atom stereocenters. The van der Waals surface area contributed by atoms with Crippen LogP contribution < -0.4 is 0 Å². The third-order valence-electron chi connectivity index (χ3n) is 3.91. The van der Waals surface area contributed by atoms with Crippen molar-refractivity contribution in [2.24, 2.45) is 10.2 Å². The molecule has 0 saturated carbocycles. The zero-order chi connectivity index (χ0) is 15.9. The largest absolute Gasteiger partial charge is 0.497 e. The van der Waals surface area contributed by atoms with E-state index in [9.17, 15) is 4.79 Å². The fraction of sp³-hybridized carbons (Fsp3) is 0.588. The first-order valence-corrected chi connectivity index (χ1v) is 8.01. The van der Waals surface area contributed by atoms with Crippen molar-refractivity contribution in [1.29, 1.82) is 0 Å². The van der Waals surface area contributed by atoms with Gasteiger partial charge in [-0.15, -0.1) is 5.10 Å². The van der Waals surface area contributed by atoms with Crippen LogP contribution in [-0.2, 0) is 14.3 Å². The van der Waals surface area contributed by atoms with Crippen molar-refractivity contribution >= 4 is 17.4 Å². The molecule has 0 aromatic carbocycles. The van der Waals surface area contributed by atoms with E-state index in [2.05, 4.69) is 17.1 Å². The molecule has 0 bridgehead atoms. The number of methoxy groups -OCH3 is 1. The van der Waals surface area contributed by atoms with Crippen LogP contribution in [0.15, 0.2) is 33.7 Å². The quantitative estimate of drug-likeness (QED) is 0.509. The summed E-state index contributed by atoms with van der Waals surface area (Å²) in [7, 11) is 1.61. The standard InChI is InChI=1S/C17H24N2O3/c1-4-6-7-8-12(5-2)22-17(20)16-14-11-13(21-3)9-10-15(14)18-19-16/h9,11-12H,4-8,10H2,1-3H3. The Kier molecular flexibility index (Phi) is 5.92. The first-order chi connectivity index (χ1) is 10.7. The number of hydrogen-bond acceptors (Lipinski definition) is 5. The molecule has 1 aliphatic heterocycles. The van der Waals surface area contributed by atoms with E-state index in [1.807, 2.05) is 13.0 Å². The summed E-state index contributed by atoms with van der Waals surface area (Å²) in [6.07, 6.45) is 9.42. The Morgan fingerprint density at radius 1 is 1.32 bits per heavy atom. The summed E-state index contributed by atoms with van der Waals surface area (Å²) < 4.78 is 10.8. The summed E-state index contributed by atoms with van der Waals surface area (Å²) in [5, 5.41) is 8.08. The Morgan fingerprint density at radius 3 is 2.82 bits per heavy atom. The lowest BCUT2D eigenvalue weighted by atomic mass is 9.98. The molecule has 0 N–H and O–H groups in total. The lowest BCUT2D eigenvalue weighted by Crippen LogP contribution is -2.26. The van der Waals surface area contributed by atoms with Crippen molar-refractivity contribution in [2.45, 2.75) is 58.5 Å². The van der Waals surface area contributed by atoms with Crippen LogP contribution in [0.5, 0.6) is 0 Å². The van der Waals surface area contributed by atoms with Crippen LogP contribution in [0.2, 0.25) is 0 Å². The molecule has 0 spiro atoms. The van der Waals surface area contributed by atoms with Gasteiger partial charge in [-0.2, -0.15) is 5.10 Å². The summed E-state index contributed by atoms with van der Waals surface area (Å²) in [5.74, 6) is 0.344. The van der Waals surface area contributed by atoms with E-state index in [1.54, 1.807) is 13.2 Å². The minimum atomic E-state index is -0.384. The van der Waals surface area contributed by atoms with Gasteiger partial charge in [0.1, 0.15) is 11.9 Å². The number of hydrogen-bond donors (Lipinski definition) is 0. The Labute approximate surface area is 131 Å². The van der Waals surface area contributed by atoms with E-state index in [0.717, 1.165) is 49.1 Å². The predicted molar refractivity (Wildman–Crippen MR) is 87.0 cm³/mol. The van der Waals surface area contributed by atoms with Gasteiger partial charge in [0.05, 0.1) is 12.8 Å². The molecule has 1 atom stereocenters. The lowest BCUT2D eigenvalue weighted by molar-refractivity contribution is -0.141. The zero-order valence-electron chi connectivity index (χ0n) is 13.6. The summed E-state index contributed by atoms with van der Waals surface area (Å²) in [6.45, 7) is 4.20. The third-order valence-corrected chi connectivity index (χ3v) is 3.91. The zero-order valence-corrected chi connectivity index (χ0v) is 13.6. The van der Waals surface area contributed by atoms with Gasteiger partial charge in [-0.05, 0) is 31.4 Å². The second kappa shape index (κ2) is 7.92. The van der Waals surface area contributed by atoms with Gasteiger partial charge in [-0.1, -0.05) is 26.7 Å². The van der Waals surface area contributed by atoms with Gasteiger partial charge in [-0.3, -0.25) is 0 Å². The van der Waals surface area contributed by atoms with Crippen LogP contribution in [0.1, 0.15) is 52.4 Å². The normalized spacial score (nSPS) is 17.8. The molecule has 5 heteroatoms. The maximum Gasteiger partial charge on any atom is 0.359 e. The van der Waals surface area contributed by atoms with Gasteiger partial charge in [0.25, 0.3) is 0 Å². The summed E-state index contributed by atoms with van der Waals surface area (Å²) >= 11 is 0. The van der Waals surface area contributed by atoms with Crippen molar-refractivity contribution < 1.29 is 14.3 Å². The number of nitrogens with zero attached hydrogens (tertiary/aromatic N) is 2. The number of rotatable bonds is 8. The van der Waals surface area contributed by atoms with Crippen LogP contribution >= 0.6 is 0 Å². The highest BCUT2D eigenvalue weighted by Crippen LogP contribution is 2.23.